The molecule has 57 heavy (non-hydrogen) atoms. The van der Waals surface area contributed by atoms with E-state index in [2.05, 4.69) is 5.16 Å². The molecule has 13 heteroatoms. The highest BCUT2D eigenvalue weighted by atomic mass is 31.2. The lowest BCUT2D eigenvalue weighted by Gasteiger charge is -2.37. The van der Waals surface area contributed by atoms with Crippen LogP contribution in [0.2, 0.25) is 0 Å². The van der Waals surface area contributed by atoms with E-state index in [9.17, 15) is 19.3 Å². The Balaban J connectivity index is 1.46. The summed E-state index contributed by atoms with van der Waals surface area (Å²) in [5.74, 6) is -0.535. The van der Waals surface area contributed by atoms with E-state index in [4.69, 9.17) is 27.6 Å². The number of nitrogens with zero attached hydrogens (tertiary/aromatic N) is 2. The fourth-order valence-corrected chi connectivity index (χ4v) is 8.79. The van der Waals surface area contributed by atoms with Gasteiger partial charge in [-0.3, -0.25) is 18.4 Å². The number of hydrogen-bond donors (Lipinski definition) is 1. The van der Waals surface area contributed by atoms with E-state index < -0.39 is 60.5 Å². The van der Waals surface area contributed by atoms with Gasteiger partial charge in [0.25, 0.3) is 5.91 Å². The molecule has 1 N–H and O–H groups in total. The number of ether oxygens (including phenoxy) is 2. The Labute approximate surface area is 336 Å². The zero-order chi connectivity index (χ0) is 41.8. The second-order valence-electron chi connectivity index (χ2n) is 17.1. The maximum absolute atomic E-state index is 14.9. The van der Waals surface area contributed by atoms with Crippen LogP contribution in [0.25, 0.3) is 11.1 Å². The number of aromatic nitrogens is 1. The molecular weight excluding hydrogens is 747 g/mol. The van der Waals surface area contributed by atoms with Crippen molar-refractivity contribution in [3.05, 3.63) is 114 Å². The minimum Gasteiger partial charge on any atom is -0.440 e. The molecule has 1 aromatic heterocycles. The van der Waals surface area contributed by atoms with Crippen LogP contribution in [-0.4, -0.2) is 55.7 Å². The number of phosphoric ester groups is 1. The molecule has 1 saturated heterocycles. The molecule has 0 bridgehead atoms. The van der Waals surface area contributed by atoms with E-state index in [1.165, 1.54) is 13.0 Å². The summed E-state index contributed by atoms with van der Waals surface area (Å²) in [4.78, 5) is 29.5. The zero-order valence-corrected chi connectivity index (χ0v) is 35.6. The van der Waals surface area contributed by atoms with Crippen molar-refractivity contribution < 1.29 is 46.8 Å². The minimum atomic E-state index is -4.08. The molecule has 1 fully saturated rings. The summed E-state index contributed by atoms with van der Waals surface area (Å²) >= 11 is 0. The Morgan fingerprint density at radius 3 is 2.02 bits per heavy atom. The van der Waals surface area contributed by atoms with Crippen LogP contribution in [0.5, 0.6) is 0 Å². The molecule has 0 aliphatic carbocycles. The van der Waals surface area contributed by atoms with E-state index in [1.807, 2.05) is 91.9 Å². The van der Waals surface area contributed by atoms with Crippen LogP contribution in [0.4, 0.5) is 4.79 Å². The number of cyclic esters (lactones) is 1. The number of phosphoric acid groups is 1. The van der Waals surface area contributed by atoms with Gasteiger partial charge in [-0.05, 0) is 91.0 Å². The Kier molecular flexibility index (Phi) is 13.4. The average Bonchev–Trinajstić information content (AvgIpc) is 3.69. The number of rotatable bonds is 16. The highest BCUT2D eigenvalue weighted by molar-refractivity contribution is 7.48. The first-order valence-corrected chi connectivity index (χ1v) is 20.8. The van der Waals surface area contributed by atoms with Crippen LogP contribution in [0.3, 0.4) is 0 Å². The highest BCUT2D eigenvalue weighted by Crippen LogP contribution is 2.57. The largest absolute Gasteiger partial charge is 0.476 e. The van der Waals surface area contributed by atoms with Gasteiger partial charge >= 0.3 is 13.9 Å². The predicted octanol–water partition coefficient (Wildman–Crippen LogP) is 10.3. The van der Waals surface area contributed by atoms with Gasteiger partial charge in [-0.25, -0.2) is 14.3 Å². The maximum Gasteiger partial charge on any atom is 0.476 e. The lowest BCUT2D eigenvalue weighted by atomic mass is 9.88. The Bertz CT molecular complexity index is 1980. The second-order valence-corrected chi connectivity index (χ2v) is 18.6. The first-order chi connectivity index (χ1) is 26.6. The van der Waals surface area contributed by atoms with Crippen molar-refractivity contribution in [2.75, 3.05) is 0 Å². The summed E-state index contributed by atoms with van der Waals surface area (Å²) in [5.41, 5.74) is -1.42. The molecule has 3 aromatic carbocycles. The molecule has 12 nitrogen and oxygen atoms in total. The molecule has 308 valence electrons. The van der Waals surface area contributed by atoms with E-state index in [-0.39, 0.29) is 24.5 Å². The second kappa shape index (κ2) is 17.4. The van der Waals surface area contributed by atoms with Gasteiger partial charge in [0.2, 0.25) is 0 Å². The lowest BCUT2D eigenvalue weighted by Crippen LogP contribution is -2.54. The Hall–Kier alpha value is -4.16. The molecule has 1 aliphatic heterocycles. The molecule has 0 saturated carbocycles. The van der Waals surface area contributed by atoms with Crippen molar-refractivity contribution in [1.29, 1.82) is 0 Å². The van der Waals surface area contributed by atoms with Crippen molar-refractivity contribution in [3.63, 3.8) is 0 Å². The first-order valence-electron chi connectivity index (χ1n) is 19.4. The van der Waals surface area contributed by atoms with Gasteiger partial charge in [0.05, 0.1) is 23.9 Å². The molecular formula is C44H57N2O10P. The SMILES string of the molecule is CCCC(Cc1cc([C@H](O)[C@](C)(OCc2ccc(-c3ccccc3)cc2)C(=O)N2C(=O)OC(C)(C)[C@@H]2c2ccccc2)no1)OP(=O)(OC(C)(C)C)OC(C)(C)C. The third-order valence-electron chi connectivity index (χ3n) is 9.29. The highest BCUT2D eigenvalue weighted by Gasteiger charge is 2.57. The summed E-state index contributed by atoms with van der Waals surface area (Å²) in [6.07, 6.45) is -2.02. The van der Waals surface area contributed by atoms with Gasteiger partial charge in [-0.1, -0.05) is 103 Å². The first kappa shape index (κ1) is 44.0. The van der Waals surface area contributed by atoms with Crippen LogP contribution in [0, 0.1) is 0 Å². The quantitative estimate of drug-likeness (QED) is 0.108. The molecule has 1 aliphatic rings. The smallest absolute Gasteiger partial charge is 0.440 e. The Morgan fingerprint density at radius 1 is 0.895 bits per heavy atom. The molecule has 0 spiro atoms. The van der Waals surface area contributed by atoms with E-state index in [1.54, 1.807) is 55.4 Å². The molecule has 2 amide bonds. The molecule has 4 atom stereocenters. The number of amides is 2. The molecule has 5 rings (SSSR count). The number of carbonyl (C=O) groups is 2. The van der Waals surface area contributed by atoms with Crippen molar-refractivity contribution >= 4 is 19.8 Å². The summed E-state index contributed by atoms with van der Waals surface area (Å²) in [6, 6.07) is 27.3. The van der Waals surface area contributed by atoms with Gasteiger partial charge in [0.1, 0.15) is 29.2 Å². The van der Waals surface area contributed by atoms with Gasteiger partial charge < -0.3 is 19.1 Å². The van der Waals surface area contributed by atoms with Gasteiger partial charge in [0.15, 0.2) is 5.60 Å². The van der Waals surface area contributed by atoms with Crippen LogP contribution in [0.1, 0.15) is 117 Å². The average molecular weight is 805 g/mol. The van der Waals surface area contributed by atoms with Gasteiger partial charge in [0, 0.05) is 12.5 Å². The normalized spacial score (nSPS) is 18.2. The van der Waals surface area contributed by atoms with Gasteiger partial charge in [-0.2, -0.15) is 0 Å². The minimum absolute atomic E-state index is 0.0151. The van der Waals surface area contributed by atoms with Crippen molar-refractivity contribution in [2.24, 2.45) is 0 Å². The van der Waals surface area contributed by atoms with E-state index >= 15 is 0 Å². The molecule has 2 heterocycles. The van der Waals surface area contributed by atoms with Crippen LogP contribution < -0.4 is 0 Å². The summed E-state index contributed by atoms with van der Waals surface area (Å²) in [5, 5.41) is 16.3. The number of aliphatic hydroxyl groups excluding tert-OH is 1. The third kappa shape index (κ3) is 11.1. The maximum atomic E-state index is 14.9. The molecule has 1 unspecified atom stereocenters. The van der Waals surface area contributed by atoms with Gasteiger partial charge in [-0.15, -0.1) is 0 Å². The Morgan fingerprint density at radius 2 is 1.46 bits per heavy atom. The summed E-state index contributed by atoms with van der Waals surface area (Å²) in [7, 11) is -4.08. The number of hydrogen-bond acceptors (Lipinski definition) is 11. The monoisotopic (exact) mass is 804 g/mol. The fourth-order valence-electron chi connectivity index (χ4n) is 6.78. The van der Waals surface area contributed by atoms with Crippen LogP contribution >= 0.6 is 7.82 Å². The number of benzene rings is 3. The molecule has 0 radical (unpaired) electrons. The number of aliphatic hydroxyl groups is 1. The van der Waals surface area contributed by atoms with Crippen molar-refractivity contribution in [2.45, 2.75) is 136 Å². The van der Waals surface area contributed by atoms with Crippen molar-refractivity contribution in [3.8, 4) is 11.1 Å². The molecule has 4 aromatic rings. The topological polar surface area (TPSA) is 147 Å². The standard InChI is InChI=1S/C44H57N2O10P/c1-11-18-34(54-57(50,55-41(2,3)4)56-42(5,6)7)27-35-28-36(45-53-35)38(47)44(10,51-29-30-23-25-32(26-24-30)31-19-14-12-15-20-31)39(48)46-37(33-21-16-13-17-22-33)43(8,9)52-40(46)49/h12-17,19-26,28,34,37-38,47H,11,18,27,29H2,1-10H3/t34?,37-,38-,44-/m0/s1. The van der Waals surface area contributed by atoms with Crippen LogP contribution in [0.15, 0.2) is 95.5 Å². The fraction of sp³-hybridized carbons (Fsp3) is 0.477. The summed E-state index contributed by atoms with van der Waals surface area (Å²) < 4.78 is 49.7. The van der Waals surface area contributed by atoms with E-state index in [0.717, 1.165) is 21.6 Å². The number of imide groups is 1. The zero-order valence-electron chi connectivity index (χ0n) is 34.7. The van der Waals surface area contributed by atoms with Crippen LogP contribution in [-0.2, 0) is 45.4 Å². The predicted molar refractivity (Wildman–Crippen MR) is 216 cm³/mol. The van der Waals surface area contributed by atoms with E-state index in [0.29, 0.717) is 18.4 Å². The summed E-state index contributed by atoms with van der Waals surface area (Å²) in [6.45, 7) is 17.3. The third-order valence-corrected chi connectivity index (χ3v) is 11.4. The van der Waals surface area contributed by atoms with Crippen molar-refractivity contribution in [1.82, 2.24) is 10.1 Å². The number of carbonyl (C=O) groups excluding carboxylic acids is 2. The lowest BCUT2D eigenvalue weighted by molar-refractivity contribution is -0.175.